The molecule has 0 unspecified atom stereocenters. The number of alkyl halides is 3. The van der Waals surface area contributed by atoms with Gasteiger partial charge in [-0.3, -0.25) is 4.79 Å². The Morgan fingerprint density at radius 2 is 1.61 bits per heavy atom. The molecular formula is C22H17ClF4N2O3S. The van der Waals surface area contributed by atoms with Gasteiger partial charge in [-0.15, -0.1) is 0 Å². The standard InChI is InChI=1S/C22H17ClF4N2O3S/c23-16-7-10-18(11-8-16)33(31,32)29(20(21(28)30)14-4-2-1-3-5-14)13-15-6-9-17(24)12-19(15)22(25,26)27/h1-12,20H,13H2,(H2,28,30)/t20-/m1/s1. The van der Waals surface area contributed by atoms with Crippen molar-refractivity contribution in [3.63, 3.8) is 0 Å². The van der Waals surface area contributed by atoms with Gasteiger partial charge in [0.25, 0.3) is 0 Å². The predicted octanol–water partition coefficient (Wildman–Crippen LogP) is 4.92. The zero-order valence-corrected chi connectivity index (χ0v) is 18.3. The second-order valence-electron chi connectivity index (χ2n) is 7.02. The first-order valence-electron chi connectivity index (χ1n) is 9.38. The summed E-state index contributed by atoms with van der Waals surface area (Å²) in [4.78, 5) is 12.1. The fourth-order valence-electron chi connectivity index (χ4n) is 3.28. The number of amides is 1. The third-order valence-electron chi connectivity index (χ3n) is 4.80. The van der Waals surface area contributed by atoms with Crippen LogP contribution in [0.3, 0.4) is 0 Å². The van der Waals surface area contributed by atoms with Crippen LogP contribution in [0.4, 0.5) is 17.6 Å². The van der Waals surface area contributed by atoms with Crippen LogP contribution in [0.2, 0.25) is 5.02 Å². The van der Waals surface area contributed by atoms with Gasteiger partial charge in [0.1, 0.15) is 11.9 Å². The highest BCUT2D eigenvalue weighted by Crippen LogP contribution is 2.36. The molecule has 33 heavy (non-hydrogen) atoms. The molecule has 0 saturated carbocycles. The minimum Gasteiger partial charge on any atom is -0.368 e. The molecule has 3 aromatic carbocycles. The third-order valence-corrected chi connectivity index (χ3v) is 6.87. The second-order valence-corrected chi connectivity index (χ2v) is 9.35. The highest BCUT2D eigenvalue weighted by molar-refractivity contribution is 7.89. The molecule has 0 aliphatic rings. The van der Waals surface area contributed by atoms with Crippen LogP contribution in [0.1, 0.15) is 22.7 Å². The summed E-state index contributed by atoms with van der Waals surface area (Å²) >= 11 is 5.82. The largest absolute Gasteiger partial charge is 0.416 e. The molecule has 0 fully saturated rings. The van der Waals surface area contributed by atoms with Crippen molar-refractivity contribution >= 4 is 27.5 Å². The molecule has 0 radical (unpaired) electrons. The quantitative estimate of drug-likeness (QED) is 0.468. The molecule has 174 valence electrons. The Morgan fingerprint density at radius 3 is 2.15 bits per heavy atom. The van der Waals surface area contributed by atoms with Gasteiger partial charge in [-0.2, -0.15) is 17.5 Å². The topological polar surface area (TPSA) is 80.5 Å². The summed E-state index contributed by atoms with van der Waals surface area (Å²) in [5, 5.41) is 0.230. The summed E-state index contributed by atoms with van der Waals surface area (Å²) in [6, 6.07) is 12.6. The molecule has 1 amide bonds. The average Bonchev–Trinajstić information content (AvgIpc) is 2.74. The van der Waals surface area contributed by atoms with E-state index in [1.165, 1.54) is 36.4 Å². The number of benzene rings is 3. The number of primary amides is 1. The van der Waals surface area contributed by atoms with Crippen LogP contribution in [-0.4, -0.2) is 18.6 Å². The van der Waals surface area contributed by atoms with Crippen LogP contribution in [0.5, 0.6) is 0 Å². The number of carbonyl (C=O) groups is 1. The van der Waals surface area contributed by atoms with E-state index in [-0.39, 0.29) is 21.5 Å². The summed E-state index contributed by atoms with van der Waals surface area (Å²) in [6.07, 6.45) is -4.97. The van der Waals surface area contributed by atoms with Gasteiger partial charge in [0.15, 0.2) is 0 Å². The van der Waals surface area contributed by atoms with Crippen LogP contribution in [-0.2, 0) is 27.5 Å². The van der Waals surface area contributed by atoms with Gasteiger partial charge in [-0.1, -0.05) is 48.0 Å². The highest BCUT2D eigenvalue weighted by atomic mass is 35.5. The zero-order chi connectivity index (χ0) is 24.4. The van der Waals surface area contributed by atoms with Gasteiger partial charge in [0.2, 0.25) is 15.9 Å². The fourth-order valence-corrected chi connectivity index (χ4v) is 4.97. The molecule has 0 bridgehead atoms. The Labute approximate surface area is 192 Å². The maximum absolute atomic E-state index is 13.6. The Balaban J connectivity index is 2.22. The van der Waals surface area contributed by atoms with E-state index in [0.29, 0.717) is 4.31 Å². The minimum absolute atomic E-state index is 0.151. The smallest absolute Gasteiger partial charge is 0.368 e. The third kappa shape index (κ3) is 5.52. The minimum atomic E-state index is -4.97. The molecule has 3 aromatic rings. The van der Waals surface area contributed by atoms with E-state index >= 15 is 0 Å². The van der Waals surface area contributed by atoms with Gasteiger partial charge < -0.3 is 5.73 Å². The number of sulfonamides is 1. The van der Waals surface area contributed by atoms with Gasteiger partial charge in [0, 0.05) is 11.6 Å². The first-order chi connectivity index (χ1) is 15.4. The lowest BCUT2D eigenvalue weighted by molar-refractivity contribution is -0.138. The van der Waals surface area contributed by atoms with Crippen LogP contribution >= 0.6 is 11.6 Å². The summed E-state index contributed by atoms with van der Waals surface area (Å²) in [6.45, 7) is -0.900. The van der Waals surface area contributed by atoms with E-state index in [9.17, 15) is 30.8 Å². The Hall–Kier alpha value is -2.95. The lowest BCUT2D eigenvalue weighted by Crippen LogP contribution is -2.41. The molecule has 0 spiro atoms. The van der Waals surface area contributed by atoms with Crippen molar-refractivity contribution in [3.05, 3.63) is 100 Å². The second kappa shape index (κ2) is 9.50. The lowest BCUT2D eigenvalue weighted by Gasteiger charge is -2.30. The zero-order valence-electron chi connectivity index (χ0n) is 16.8. The predicted molar refractivity (Wildman–Crippen MR) is 114 cm³/mol. The molecule has 0 saturated heterocycles. The Bertz CT molecular complexity index is 1250. The summed E-state index contributed by atoms with van der Waals surface area (Å²) < 4.78 is 81.9. The number of nitrogens with zero attached hydrogens (tertiary/aromatic N) is 1. The molecule has 5 nitrogen and oxygen atoms in total. The van der Waals surface area contributed by atoms with Crippen LogP contribution < -0.4 is 5.73 Å². The van der Waals surface area contributed by atoms with E-state index in [4.69, 9.17) is 17.3 Å². The van der Waals surface area contributed by atoms with Gasteiger partial charge in [-0.05, 0) is 47.5 Å². The monoisotopic (exact) mass is 500 g/mol. The number of nitrogens with two attached hydrogens (primary N) is 1. The van der Waals surface area contributed by atoms with Crippen LogP contribution in [0.15, 0.2) is 77.7 Å². The Morgan fingerprint density at radius 1 is 1.00 bits per heavy atom. The van der Waals surface area contributed by atoms with Gasteiger partial charge in [-0.25, -0.2) is 12.8 Å². The van der Waals surface area contributed by atoms with Crippen molar-refractivity contribution < 1.29 is 30.8 Å². The fraction of sp³-hybridized carbons (Fsp3) is 0.136. The SMILES string of the molecule is NC(=O)[C@@H](c1ccccc1)N(Cc1ccc(F)cc1C(F)(F)F)S(=O)(=O)c1ccc(Cl)cc1. The molecule has 2 N–H and O–H groups in total. The van der Waals surface area contributed by atoms with E-state index in [1.807, 2.05) is 0 Å². The maximum atomic E-state index is 13.6. The van der Waals surface area contributed by atoms with E-state index in [2.05, 4.69) is 0 Å². The van der Waals surface area contributed by atoms with E-state index in [0.717, 1.165) is 24.3 Å². The summed E-state index contributed by atoms with van der Waals surface area (Å²) in [7, 11) is -4.57. The highest BCUT2D eigenvalue weighted by Gasteiger charge is 2.39. The molecule has 0 heterocycles. The molecule has 0 aliphatic carbocycles. The van der Waals surface area contributed by atoms with Crippen molar-refractivity contribution in [1.82, 2.24) is 4.31 Å². The van der Waals surface area contributed by atoms with Crippen molar-refractivity contribution in [2.24, 2.45) is 5.73 Å². The number of hydrogen-bond donors (Lipinski definition) is 1. The summed E-state index contributed by atoms with van der Waals surface area (Å²) in [5.41, 5.74) is 3.76. The number of carbonyl (C=O) groups excluding carboxylic acids is 1. The maximum Gasteiger partial charge on any atom is 0.416 e. The molecular weight excluding hydrogens is 484 g/mol. The van der Waals surface area contributed by atoms with Crippen LogP contribution in [0, 0.1) is 5.82 Å². The van der Waals surface area contributed by atoms with Crippen molar-refractivity contribution in [2.75, 3.05) is 0 Å². The Kier molecular flexibility index (Phi) is 7.11. The first-order valence-corrected chi connectivity index (χ1v) is 11.2. The molecule has 0 aliphatic heterocycles. The van der Waals surface area contributed by atoms with Crippen molar-refractivity contribution in [1.29, 1.82) is 0 Å². The summed E-state index contributed by atoms with van der Waals surface area (Å²) in [5.74, 6) is -2.25. The van der Waals surface area contributed by atoms with Crippen molar-refractivity contribution in [3.8, 4) is 0 Å². The van der Waals surface area contributed by atoms with Gasteiger partial charge in [0.05, 0.1) is 10.5 Å². The number of hydrogen-bond acceptors (Lipinski definition) is 3. The van der Waals surface area contributed by atoms with Crippen molar-refractivity contribution in [2.45, 2.75) is 23.7 Å². The molecule has 3 rings (SSSR count). The van der Waals surface area contributed by atoms with Gasteiger partial charge >= 0.3 is 6.18 Å². The normalized spacial score (nSPS) is 13.2. The molecule has 11 heteroatoms. The number of rotatable bonds is 7. The number of halogens is 5. The molecule has 1 atom stereocenters. The average molecular weight is 501 g/mol. The molecule has 0 aromatic heterocycles. The van der Waals surface area contributed by atoms with E-state index in [1.54, 1.807) is 6.07 Å². The van der Waals surface area contributed by atoms with E-state index < -0.39 is 51.6 Å². The first kappa shape index (κ1) is 24.7. The van der Waals surface area contributed by atoms with Crippen LogP contribution in [0.25, 0.3) is 0 Å². The lowest BCUT2D eigenvalue weighted by atomic mass is 10.0.